The van der Waals surface area contributed by atoms with Gasteiger partial charge in [0.2, 0.25) is 0 Å². The summed E-state index contributed by atoms with van der Waals surface area (Å²) >= 11 is 0. The Morgan fingerprint density at radius 2 is 1.44 bits per heavy atom. The molecular weight excluding hydrogens is 312 g/mol. The second kappa shape index (κ2) is 14.7. The van der Waals surface area contributed by atoms with Crippen LogP contribution >= 0.6 is 0 Å². The third-order valence-electron chi connectivity index (χ3n) is 4.13. The van der Waals surface area contributed by atoms with Crippen molar-refractivity contribution in [3.05, 3.63) is 48.6 Å². The average molecular weight is 347 g/mol. The van der Waals surface area contributed by atoms with Crippen molar-refractivity contribution in [1.82, 2.24) is 0 Å². The molecule has 1 aliphatic heterocycles. The topological polar surface area (TPSA) is 49.8 Å². The lowest BCUT2D eigenvalue weighted by Gasteiger charge is -1.94. The number of hydrogen-bond donors (Lipinski definition) is 1. The van der Waals surface area contributed by atoms with Crippen molar-refractivity contribution in [2.24, 2.45) is 0 Å². The summed E-state index contributed by atoms with van der Waals surface area (Å²) in [6.07, 6.45) is 27.8. The highest BCUT2D eigenvalue weighted by molar-refractivity contribution is 5.66. The normalized spacial score (nSPS) is 20.5. The molecule has 0 amide bonds. The maximum atomic E-state index is 10.4. The Balaban J connectivity index is 1.91. The van der Waals surface area contributed by atoms with Crippen LogP contribution in [0.15, 0.2) is 48.6 Å². The van der Waals surface area contributed by atoms with Gasteiger partial charge in [0.25, 0.3) is 0 Å². The van der Waals surface area contributed by atoms with E-state index in [-0.39, 0.29) is 0 Å². The minimum absolute atomic E-state index is 0.294. The molecule has 1 rings (SSSR count). The van der Waals surface area contributed by atoms with Crippen LogP contribution < -0.4 is 0 Å². The SMILES string of the molecule is CCC=CCC=CCC1OC1CC=CCC=CCCCCCC(=O)O. The lowest BCUT2D eigenvalue weighted by Crippen LogP contribution is -1.93. The van der Waals surface area contributed by atoms with Crippen molar-refractivity contribution in [1.29, 1.82) is 0 Å². The molecule has 3 heteroatoms. The number of ether oxygens (including phenoxy) is 1. The number of epoxide rings is 1. The Morgan fingerprint density at radius 1 is 0.840 bits per heavy atom. The maximum Gasteiger partial charge on any atom is 0.303 e. The predicted octanol–water partition coefficient (Wildman–Crippen LogP) is 5.98. The number of unbranched alkanes of at least 4 members (excludes halogenated alkanes) is 3. The molecule has 0 aliphatic carbocycles. The van der Waals surface area contributed by atoms with E-state index in [4.69, 9.17) is 9.84 Å². The van der Waals surface area contributed by atoms with E-state index in [1.807, 2.05) is 0 Å². The minimum Gasteiger partial charge on any atom is -0.481 e. The molecule has 0 radical (unpaired) electrons. The Bertz CT molecular complexity index is 460. The van der Waals surface area contributed by atoms with Crippen LogP contribution in [0.3, 0.4) is 0 Å². The quantitative estimate of drug-likeness (QED) is 0.225. The molecule has 1 fully saturated rings. The molecule has 1 heterocycles. The summed E-state index contributed by atoms with van der Waals surface area (Å²) in [5.41, 5.74) is 0. The molecule has 0 aromatic heterocycles. The zero-order chi connectivity index (χ0) is 18.2. The van der Waals surface area contributed by atoms with E-state index in [2.05, 4.69) is 55.5 Å². The first-order valence-electron chi connectivity index (χ1n) is 9.71. The standard InChI is InChI=1S/C22H34O3/c1-2-3-4-5-11-14-17-20-21(25-20)18-15-12-9-7-6-8-10-13-16-19-22(23)24/h3-4,6-7,11-12,14-15,20-21H,2,5,8-10,13,16-19H2,1H3,(H,23,24). The van der Waals surface area contributed by atoms with Crippen LogP contribution in [0.4, 0.5) is 0 Å². The smallest absolute Gasteiger partial charge is 0.303 e. The second-order valence-electron chi connectivity index (χ2n) is 6.44. The molecule has 0 saturated carbocycles. The van der Waals surface area contributed by atoms with E-state index in [1.54, 1.807) is 0 Å². The highest BCUT2D eigenvalue weighted by Gasteiger charge is 2.35. The van der Waals surface area contributed by atoms with Crippen molar-refractivity contribution < 1.29 is 14.6 Å². The largest absolute Gasteiger partial charge is 0.481 e. The number of carbonyl (C=O) groups is 1. The van der Waals surface area contributed by atoms with Crippen LogP contribution in [-0.2, 0) is 9.53 Å². The first kappa shape index (κ1) is 21.4. The fraction of sp³-hybridized carbons (Fsp3) is 0.591. The molecule has 2 unspecified atom stereocenters. The first-order chi connectivity index (χ1) is 12.2. The summed E-state index contributed by atoms with van der Waals surface area (Å²) in [6, 6.07) is 0. The van der Waals surface area contributed by atoms with Crippen molar-refractivity contribution in [3.8, 4) is 0 Å². The molecule has 0 aromatic carbocycles. The third kappa shape index (κ3) is 13.4. The van der Waals surface area contributed by atoms with Crippen LogP contribution in [0.1, 0.15) is 71.1 Å². The van der Waals surface area contributed by atoms with Crippen molar-refractivity contribution in [2.75, 3.05) is 0 Å². The van der Waals surface area contributed by atoms with Gasteiger partial charge in [-0.05, 0) is 51.4 Å². The summed E-state index contributed by atoms with van der Waals surface area (Å²) in [6.45, 7) is 2.15. The molecule has 140 valence electrons. The maximum absolute atomic E-state index is 10.4. The van der Waals surface area contributed by atoms with Gasteiger partial charge in [-0.15, -0.1) is 0 Å². The highest BCUT2D eigenvalue weighted by Crippen LogP contribution is 2.29. The van der Waals surface area contributed by atoms with Crippen LogP contribution in [0.2, 0.25) is 0 Å². The van der Waals surface area contributed by atoms with E-state index in [1.165, 1.54) is 0 Å². The van der Waals surface area contributed by atoms with E-state index < -0.39 is 5.97 Å². The number of hydrogen-bond acceptors (Lipinski definition) is 2. The fourth-order valence-electron chi connectivity index (χ4n) is 2.60. The minimum atomic E-state index is -0.692. The highest BCUT2D eigenvalue weighted by atomic mass is 16.6. The number of rotatable bonds is 15. The third-order valence-corrected chi connectivity index (χ3v) is 4.13. The second-order valence-corrected chi connectivity index (χ2v) is 6.44. The van der Waals surface area contributed by atoms with E-state index in [9.17, 15) is 4.79 Å². The Kier molecular flexibility index (Phi) is 12.6. The number of carboxylic acid groups (broad SMARTS) is 1. The lowest BCUT2D eigenvalue weighted by molar-refractivity contribution is -0.137. The number of aliphatic carboxylic acids is 1. The van der Waals surface area contributed by atoms with Crippen molar-refractivity contribution in [3.63, 3.8) is 0 Å². The summed E-state index contributed by atoms with van der Waals surface area (Å²) in [5.74, 6) is -0.692. The van der Waals surface area contributed by atoms with E-state index in [0.717, 1.165) is 57.8 Å². The van der Waals surface area contributed by atoms with Gasteiger partial charge in [0.1, 0.15) is 0 Å². The van der Waals surface area contributed by atoms with Crippen molar-refractivity contribution >= 4 is 5.97 Å². The zero-order valence-electron chi connectivity index (χ0n) is 15.6. The molecule has 0 aromatic rings. The van der Waals surface area contributed by atoms with Gasteiger partial charge in [-0.3, -0.25) is 4.79 Å². The Hall–Kier alpha value is -1.61. The Labute approximate surface area is 153 Å². The molecule has 0 spiro atoms. The van der Waals surface area contributed by atoms with Gasteiger partial charge in [0.15, 0.2) is 0 Å². The molecule has 2 atom stereocenters. The average Bonchev–Trinajstić information content (AvgIpc) is 3.34. The molecule has 3 nitrogen and oxygen atoms in total. The monoisotopic (exact) mass is 346 g/mol. The summed E-state index contributed by atoms with van der Waals surface area (Å²) in [5, 5.41) is 8.54. The van der Waals surface area contributed by atoms with Gasteiger partial charge in [-0.25, -0.2) is 0 Å². The van der Waals surface area contributed by atoms with Gasteiger partial charge >= 0.3 is 5.97 Å². The zero-order valence-corrected chi connectivity index (χ0v) is 15.6. The summed E-state index contributed by atoms with van der Waals surface area (Å²) in [4.78, 5) is 10.4. The van der Waals surface area contributed by atoms with E-state index in [0.29, 0.717) is 18.6 Å². The lowest BCUT2D eigenvalue weighted by atomic mass is 10.1. The van der Waals surface area contributed by atoms with Crippen LogP contribution in [0, 0.1) is 0 Å². The molecule has 1 aliphatic rings. The van der Waals surface area contributed by atoms with Crippen LogP contribution in [0.5, 0.6) is 0 Å². The van der Waals surface area contributed by atoms with Gasteiger partial charge in [-0.2, -0.15) is 0 Å². The Morgan fingerprint density at radius 3 is 2.04 bits per heavy atom. The molecule has 1 N–H and O–H groups in total. The van der Waals surface area contributed by atoms with Gasteiger partial charge in [-0.1, -0.05) is 62.0 Å². The van der Waals surface area contributed by atoms with E-state index >= 15 is 0 Å². The molecule has 1 saturated heterocycles. The predicted molar refractivity (Wildman–Crippen MR) is 105 cm³/mol. The summed E-state index contributed by atoms with van der Waals surface area (Å²) < 4.78 is 5.66. The first-order valence-corrected chi connectivity index (χ1v) is 9.71. The molecule has 25 heavy (non-hydrogen) atoms. The van der Waals surface area contributed by atoms with Crippen molar-refractivity contribution in [2.45, 2.75) is 83.3 Å². The van der Waals surface area contributed by atoms with Crippen LogP contribution in [0.25, 0.3) is 0 Å². The molecule has 0 bridgehead atoms. The molecular formula is C22H34O3. The number of carboxylic acids is 1. The summed E-state index contributed by atoms with van der Waals surface area (Å²) in [7, 11) is 0. The van der Waals surface area contributed by atoms with Gasteiger partial charge in [0.05, 0.1) is 12.2 Å². The fourth-order valence-corrected chi connectivity index (χ4v) is 2.60. The number of allylic oxidation sites excluding steroid dienone is 6. The van der Waals surface area contributed by atoms with Gasteiger partial charge < -0.3 is 9.84 Å². The van der Waals surface area contributed by atoms with Gasteiger partial charge in [0, 0.05) is 6.42 Å². The van der Waals surface area contributed by atoms with Crippen LogP contribution in [-0.4, -0.2) is 23.3 Å².